The van der Waals surface area contributed by atoms with E-state index in [1.165, 1.54) is 5.56 Å². The van der Waals surface area contributed by atoms with Gasteiger partial charge in [-0.25, -0.2) is 0 Å². The van der Waals surface area contributed by atoms with E-state index < -0.39 is 6.04 Å². The Bertz CT molecular complexity index is 1050. The van der Waals surface area contributed by atoms with E-state index >= 15 is 0 Å². The first-order valence-corrected chi connectivity index (χ1v) is 12.5. The second-order valence-electron chi connectivity index (χ2n) is 9.16. The molecule has 36 heavy (non-hydrogen) atoms. The van der Waals surface area contributed by atoms with Crippen LogP contribution in [-0.2, 0) is 20.8 Å². The van der Waals surface area contributed by atoms with Crippen molar-refractivity contribution in [3.8, 4) is 5.75 Å². The molecule has 0 bridgehead atoms. The minimum absolute atomic E-state index is 0.0711. The fourth-order valence-corrected chi connectivity index (χ4v) is 4.67. The summed E-state index contributed by atoms with van der Waals surface area (Å²) in [6, 6.07) is 14.8. The summed E-state index contributed by atoms with van der Waals surface area (Å²) in [5.41, 5.74) is 2.99. The Hall–Kier alpha value is -3.59. The number of carbonyl (C=O) groups excluding carboxylic acids is 3. The SMILES string of the molecule is CCc1ccc(NC(=O)C[C@@H]2C(=O)NCCN2C(=O)CN2CCN(c3ccc(OC)cc3)CC2)cc1. The summed E-state index contributed by atoms with van der Waals surface area (Å²) >= 11 is 0. The normalized spacial score (nSPS) is 18.5. The molecule has 0 radical (unpaired) electrons. The van der Waals surface area contributed by atoms with E-state index in [1.807, 2.05) is 48.5 Å². The van der Waals surface area contributed by atoms with Crippen LogP contribution in [0.2, 0.25) is 0 Å². The third-order valence-corrected chi connectivity index (χ3v) is 6.84. The standard InChI is InChI=1S/C27H35N5O4/c1-3-20-4-6-21(7-5-20)29-25(33)18-24-27(35)28-12-13-32(24)26(34)19-30-14-16-31(17-15-30)22-8-10-23(36-2)11-9-22/h4-11,24H,3,12-19H2,1-2H3,(H,28,35)(H,29,33)/t24-/m1/s1. The molecule has 0 saturated carbocycles. The summed E-state index contributed by atoms with van der Waals surface area (Å²) in [7, 11) is 1.65. The Balaban J connectivity index is 1.30. The largest absolute Gasteiger partial charge is 0.497 e. The second kappa shape index (κ2) is 11.9. The molecule has 2 aromatic rings. The van der Waals surface area contributed by atoms with Crippen LogP contribution in [0.3, 0.4) is 0 Å². The van der Waals surface area contributed by atoms with E-state index in [1.54, 1.807) is 12.0 Å². The third-order valence-electron chi connectivity index (χ3n) is 6.84. The fourth-order valence-electron chi connectivity index (χ4n) is 4.67. The zero-order chi connectivity index (χ0) is 25.5. The van der Waals surface area contributed by atoms with Gasteiger partial charge in [-0.3, -0.25) is 19.3 Å². The van der Waals surface area contributed by atoms with Crippen LogP contribution < -0.4 is 20.3 Å². The van der Waals surface area contributed by atoms with Crippen molar-refractivity contribution in [2.45, 2.75) is 25.8 Å². The minimum atomic E-state index is -0.804. The van der Waals surface area contributed by atoms with Crippen molar-refractivity contribution in [1.82, 2.24) is 15.1 Å². The van der Waals surface area contributed by atoms with Gasteiger partial charge in [0.15, 0.2) is 0 Å². The number of hydrogen-bond donors (Lipinski definition) is 2. The molecule has 1 atom stereocenters. The van der Waals surface area contributed by atoms with Gasteiger partial charge in [-0.1, -0.05) is 19.1 Å². The number of carbonyl (C=O) groups is 3. The summed E-state index contributed by atoms with van der Waals surface area (Å²) < 4.78 is 5.23. The van der Waals surface area contributed by atoms with E-state index in [0.717, 1.165) is 44.0 Å². The average Bonchev–Trinajstić information content (AvgIpc) is 2.90. The van der Waals surface area contributed by atoms with Crippen LogP contribution in [0.1, 0.15) is 18.9 Å². The van der Waals surface area contributed by atoms with Crippen LogP contribution in [-0.4, -0.2) is 86.5 Å². The van der Waals surface area contributed by atoms with E-state index in [0.29, 0.717) is 18.8 Å². The first-order chi connectivity index (χ1) is 17.5. The van der Waals surface area contributed by atoms with Gasteiger partial charge in [0, 0.05) is 50.6 Å². The molecule has 0 aromatic heterocycles. The Kier molecular flexibility index (Phi) is 8.43. The Labute approximate surface area is 212 Å². The smallest absolute Gasteiger partial charge is 0.243 e. The average molecular weight is 494 g/mol. The number of benzene rings is 2. The van der Waals surface area contributed by atoms with Gasteiger partial charge in [0.1, 0.15) is 11.8 Å². The maximum absolute atomic E-state index is 13.2. The molecule has 2 saturated heterocycles. The number of hydrogen-bond acceptors (Lipinski definition) is 6. The van der Waals surface area contributed by atoms with Gasteiger partial charge in [-0.05, 0) is 48.4 Å². The van der Waals surface area contributed by atoms with Crippen LogP contribution in [0, 0.1) is 0 Å². The predicted octanol–water partition coefficient (Wildman–Crippen LogP) is 1.74. The number of amides is 3. The van der Waals surface area contributed by atoms with Gasteiger partial charge < -0.3 is 25.2 Å². The molecule has 0 unspecified atom stereocenters. The van der Waals surface area contributed by atoms with Crippen molar-refractivity contribution in [3.63, 3.8) is 0 Å². The molecule has 0 aliphatic carbocycles. The molecule has 2 aliphatic heterocycles. The molecule has 4 rings (SSSR count). The number of aryl methyl sites for hydroxylation is 1. The molecule has 0 spiro atoms. The van der Waals surface area contributed by atoms with Crippen molar-refractivity contribution in [2.24, 2.45) is 0 Å². The zero-order valence-corrected chi connectivity index (χ0v) is 21.0. The molecule has 2 aliphatic rings. The summed E-state index contributed by atoms with van der Waals surface area (Å²) in [6.07, 6.45) is 0.850. The first-order valence-electron chi connectivity index (χ1n) is 12.5. The molecule has 2 heterocycles. The van der Waals surface area contributed by atoms with Crippen LogP contribution in [0.25, 0.3) is 0 Å². The predicted molar refractivity (Wildman–Crippen MR) is 139 cm³/mol. The van der Waals surface area contributed by atoms with Gasteiger partial charge in [-0.15, -0.1) is 0 Å². The molecule has 2 fully saturated rings. The fraction of sp³-hybridized carbons (Fsp3) is 0.444. The Morgan fingerprint density at radius 1 is 1.00 bits per heavy atom. The minimum Gasteiger partial charge on any atom is -0.497 e. The van der Waals surface area contributed by atoms with Crippen molar-refractivity contribution < 1.29 is 19.1 Å². The maximum atomic E-state index is 13.2. The van der Waals surface area contributed by atoms with Gasteiger partial charge in [0.05, 0.1) is 20.1 Å². The number of nitrogens with one attached hydrogen (secondary N) is 2. The number of ether oxygens (including phenoxy) is 1. The Morgan fingerprint density at radius 2 is 1.69 bits per heavy atom. The van der Waals surface area contributed by atoms with Gasteiger partial charge in [0.2, 0.25) is 17.7 Å². The lowest BCUT2D eigenvalue weighted by atomic mass is 10.1. The molecule has 192 valence electrons. The molecule has 2 N–H and O–H groups in total. The highest BCUT2D eigenvalue weighted by Gasteiger charge is 2.35. The first kappa shape index (κ1) is 25.5. The van der Waals surface area contributed by atoms with Crippen molar-refractivity contribution in [1.29, 1.82) is 0 Å². The molecule has 2 aromatic carbocycles. The number of rotatable bonds is 8. The van der Waals surface area contributed by atoms with Crippen LogP contribution >= 0.6 is 0 Å². The van der Waals surface area contributed by atoms with E-state index in [9.17, 15) is 14.4 Å². The summed E-state index contributed by atoms with van der Waals surface area (Å²) in [6.45, 7) is 6.22. The lowest BCUT2D eigenvalue weighted by Crippen LogP contribution is -2.60. The van der Waals surface area contributed by atoms with E-state index in [-0.39, 0.29) is 30.7 Å². The van der Waals surface area contributed by atoms with Gasteiger partial charge in [-0.2, -0.15) is 0 Å². The molecular formula is C27H35N5O4. The highest BCUT2D eigenvalue weighted by atomic mass is 16.5. The van der Waals surface area contributed by atoms with Crippen molar-refractivity contribution >= 4 is 29.1 Å². The highest BCUT2D eigenvalue weighted by Crippen LogP contribution is 2.21. The van der Waals surface area contributed by atoms with Crippen LogP contribution in [0.4, 0.5) is 11.4 Å². The third kappa shape index (κ3) is 6.34. The topological polar surface area (TPSA) is 94.2 Å². The Morgan fingerprint density at radius 3 is 2.33 bits per heavy atom. The summed E-state index contributed by atoms with van der Waals surface area (Å²) in [5.74, 6) is 0.140. The zero-order valence-electron chi connectivity index (χ0n) is 21.0. The maximum Gasteiger partial charge on any atom is 0.243 e. The van der Waals surface area contributed by atoms with Crippen molar-refractivity contribution in [3.05, 3.63) is 54.1 Å². The molecule has 3 amide bonds. The second-order valence-corrected chi connectivity index (χ2v) is 9.16. The van der Waals surface area contributed by atoms with Gasteiger partial charge in [0.25, 0.3) is 0 Å². The monoisotopic (exact) mass is 493 g/mol. The number of anilines is 2. The quantitative estimate of drug-likeness (QED) is 0.582. The summed E-state index contributed by atoms with van der Waals surface area (Å²) in [4.78, 5) is 44.5. The lowest BCUT2D eigenvalue weighted by Gasteiger charge is -2.39. The summed E-state index contributed by atoms with van der Waals surface area (Å²) in [5, 5.41) is 5.64. The highest BCUT2D eigenvalue weighted by molar-refractivity contribution is 5.97. The van der Waals surface area contributed by atoms with Gasteiger partial charge >= 0.3 is 0 Å². The van der Waals surface area contributed by atoms with E-state index in [2.05, 4.69) is 27.4 Å². The number of nitrogens with zero attached hydrogens (tertiary/aromatic N) is 3. The number of piperazine rings is 2. The van der Waals surface area contributed by atoms with Crippen molar-refractivity contribution in [2.75, 3.05) is 63.1 Å². The van der Waals surface area contributed by atoms with Crippen LogP contribution in [0.15, 0.2) is 48.5 Å². The molecular weight excluding hydrogens is 458 g/mol. The van der Waals surface area contributed by atoms with Crippen LogP contribution in [0.5, 0.6) is 5.75 Å². The molecule has 9 nitrogen and oxygen atoms in total. The molecule has 9 heteroatoms. The number of methoxy groups -OCH3 is 1. The van der Waals surface area contributed by atoms with E-state index in [4.69, 9.17) is 4.74 Å². The lowest BCUT2D eigenvalue weighted by molar-refractivity contribution is -0.145.